The second-order valence-electron chi connectivity index (χ2n) is 6.97. The highest BCUT2D eigenvalue weighted by Gasteiger charge is 2.18. The molecular formula is C23H15BrCl3N3O3. The van der Waals surface area contributed by atoms with Gasteiger partial charge >= 0.3 is 5.91 Å². The molecule has 0 fully saturated rings. The van der Waals surface area contributed by atoms with E-state index in [4.69, 9.17) is 39.5 Å². The first-order valence-electron chi connectivity index (χ1n) is 9.60. The molecular weight excluding hydrogens is 553 g/mol. The molecule has 1 N–H and O–H groups in total. The van der Waals surface area contributed by atoms with E-state index in [1.807, 2.05) is 30.3 Å². The standard InChI is InChI=1S/C23H15BrCl3N3O3/c24-14-5-8-19-16(9-14)22(23(32)30(19)11-13-3-1-2-4-17(13)26)29-28-21(31)12-33-20-10-15(25)6-7-18(20)27/h1-10,32H,11-12H2. The molecule has 1 aromatic heterocycles. The topological polar surface area (TPSA) is 76.2 Å². The van der Waals surface area contributed by atoms with E-state index in [1.54, 1.807) is 28.8 Å². The van der Waals surface area contributed by atoms with Gasteiger partial charge in [0.05, 0.1) is 17.1 Å². The van der Waals surface area contributed by atoms with Crippen LogP contribution < -0.4 is 4.74 Å². The smallest absolute Gasteiger partial charge is 0.302 e. The molecule has 33 heavy (non-hydrogen) atoms. The molecule has 10 heteroatoms. The van der Waals surface area contributed by atoms with E-state index < -0.39 is 12.5 Å². The summed E-state index contributed by atoms with van der Waals surface area (Å²) in [5, 5.41) is 20.6. The Kier molecular flexibility index (Phi) is 7.24. The van der Waals surface area contributed by atoms with Crippen molar-refractivity contribution in [2.75, 3.05) is 6.61 Å². The Balaban J connectivity index is 1.61. The number of nitrogens with zero attached hydrogens (tertiary/aromatic N) is 3. The Morgan fingerprint density at radius 1 is 1.03 bits per heavy atom. The normalized spacial score (nSPS) is 11.4. The van der Waals surface area contributed by atoms with Crippen LogP contribution in [0.4, 0.5) is 5.69 Å². The number of carbonyl (C=O) groups excluding carboxylic acids is 1. The van der Waals surface area contributed by atoms with Crippen molar-refractivity contribution in [1.82, 2.24) is 4.57 Å². The van der Waals surface area contributed by atoms with E-state index in [9.17, 15) is 9.90 Å². The summed E-state index contributed by atoms with van der Waals surface area (Å²) in [4.78, 5) is 12.3. The van der Waals surface area contributed by atoms with Gasteiger partial charge in [0.2, 0.25) is 5.88 Å². The molecule has 168 valence electrons. The van der Waals surface area contributed by atoms with Crippen molar-refractivity contribution in [3.05, 3.63) is 85.8 Å². The molecule has 0 radical (unpaired) electrons. The number of carbonyl (C=O) groups is 1. The van der Waals surface area contributed by atoms with Crippen LogP contribution in [0.5, 0.6) is 11.6 Å². The monoisotopic (exact) mass is 565 g/mol. The molecule has 0 saturated carbocycles. The van der Waals surface area contributed by atoms with Crippen LogP contribution in [0.3, 0.4) is 0 Å². The zero-order valence-corrected chi connectivity index (χ0v) is 20.7. The Labute approximate surface area is 212 Å². The van der Waals surface area contributed by atoms with Gasteiger partial charge in [0.25, 0.3) is 0 Å². The van der Waals surface area contributed by atoms with Crippen molar-refractivity contribution < 1.29 is 14.6 Å². The molecule has 3 aromatic carbocycles. The molecule has 4 aromatic rings. The minimum Gasteiger partial charge on any atom is -0.493 e. The van der Waals surface area contributed by atoms with E-state index in [-0.39, 0.29) is 17.3 Å². The van der Waals surface area contributed by atoms with Crippen LogP contribution in [-0.4, -0.2) is 22.2 Å². The number of fused-ring (bicyclic) bond motifs is 1. The second-order valence-corrected chi connectivity index (χ2v) is 9.13. The lowest BCUT2D eigenvalue weighted by Crippen LogP contribution is -2.08. The van der Waals surface area contributed by atoms with Crippen molar-refractivity contribution in [3.63, 3.8) is 0 Å². The Morgan fingerprint density at radius 3 is 2.61 bits per heavy atom. The summed E-state index contributed by atoms with van der Waals surface area (Å²) in [6.45, 7) is -0.0875. The highest BCUT2D eigenvalue weighted by Crippen LogP contribution is 2.41. The average molecular weight is 568 g/mol. The van der Waals surface area contributed by atoms with E-state index >= 15 is 0 Å². The molecule has 1 heterocycles. The summed E-state index contributed by atoms with van der Waals surface area (Å²) in [5.74, 6) is -0.540. The Morgan fingerprint density at radius 2 is 1.82 bits per heavy atom. The Bertz CT molecular complexity index is 1390. The van der Waals surface area contributed by atoms with E-state index in [0.717, 1.165) is 10.0 Å². The number of ether oxygens (including phenoxy) is 1. The van der Waals surface area contributed by atoms with Crippen LogP contribution >= 0.6 is 50.7 Å². The number of aromatic nitrogens is 1. The summed E-state index contributed by atoms with van der Waals surface area (Å²) in [5.41, 5.74) is 1.69. The first kappa shape index (κ1) is 23.6. The van der Waals surface area contributed by atoms with Crippen molar-refractivity contribution >= 4 is 73.2 Å². The van der Waals surface area contributed by atoms with Crippen molar-refractivity contribution in [2.45, 2.75) is 6.54 Å². The molecule has 4 rings (SSSR count). The van der Waals surface area contributed by atoms with Gasteiger partial charge in [0.1, 0.15) is 5.75 Å². The maximum Gasteiger partial charge on any atom is 0.302 e. The summed E-state index contributed by atoms with van der Waals surface area (Å²) in [6.07, 6.45) is 0. The molecule has 0 bridgehead atoms. The van der Waals surface area contributed by atoms with Crippen LogP contribution in [0, 0.1) is 0 Å². The summed E-state index contributed by atoms with van der Waals surface area (Å²) in [7, 11) is 0. The molecule has 0 saturated heterocycles. The van der Waals surface area contributed by atoms with E-state index in [2.05, 4.69) is 26.2 Å². The van der Waals surface area contributed by atoms with Gasteiger partial charge in [-0.3, -0.25) is 4.79 Å². The lowest BCUT2D eigenvalue weighted by Gasteiger charge is -2.08. The van der Waals surface area contributed by atoms with Gasteiger partial charge in [0.15, 0.2) is 12.3 Å². The Hall–Kier alpha value is -2.58. The van der Waals surface area contributed by atoms with Crippen LogP contribution in [0.2, 0.25) is 15.1 Å². The first-order valence-corrected chi connectivity index (χ1v) is 11.5. The SMILES string of the molecule is O=C(COc1cc(Cl)ccc1Cl)N=Nc1c(O)n(Cc2ccccc2Cl)c2ccc(Br)cc12. The van der Waals surface area contributed by atoms with Gasteiger partial charge in [0, 0.05) is 26.0 Å². The fraction of sp³-hybridized carbons (Fsp3) is 0.0870. The van der Waals surface area contributed by atoms with Crippen molar-refractivity contribution in [3.8, 4) is 11.6 Å². The molecule has 0 spiro atoms. The molecule has 1 amide bonds. The minimum atomic E-state index is -0.660. The molecule has 0 atom stereocenters. The number of halogens is 4. The second kappa shape index (κ2) is 10.1. The van der Waals surface area contributed by atoms with Gasteiger partial charge in [-0.05, 0) is 42.0 Å². The summed E-state index contributed by atoms with van der Waals surface area (Å²) < 4.78 is 7.83. The maximum absolute atomic E-state index is 12.3. The van der Waals surface area contributed by atoms with Crippen LogP contribution in [0.25, 0.3) is 10.9 Å². The van der Waals surface area contributed by atoms with Crippen molar-refractivity contribution in [2.24, 2.45) is 10.2 Å². The first-order chi connectivity index (χ1) is 15.8. The number of azo groups is 1. The van der Waals surface area contributed by atoms with Gasteiger partial charge in [-0.15, -0.1) is 10.2 Å². The number of amides is 1. The lowest BCUT2D eigenvalue weighted by molar-refractivity contribution is -0.120. The number of rotatable bonds is 6. The molecule has 0 aliphatic heterocycles. The molecule has 0 unspecified atom stereocenters. The average Bonchev–Trinajstić information content (AvgIpc) is 3.04. The number of benzene rings is 3. The predicted molar refractivity (Wildman–Crippen MR) is 133 cm³/mol. The summed E-state index contributed by atoms with van der Waals surface area (Å²) in [6, 6.07) is 17.5. The fourth-order valence-electron chi connectivity index (χ4n) is 3.21. The third kappa shape index (κ3) is 5.33. The number of hydrogen-bond donors (Lipinski definition) is 1. The predicted octanol–water partition coefficient (Wildman–Crippen LogP) is 7.81. The summed E-state index contributed by atoms with van der Waals surface area (Å²) >= 11 is 21.7. The quantitative estimate of drug-likeness (QED) is 0.242. The molecule has 0 aliphatic rings. The zero-order chi connectivity index (χ0) is 23.5. The third-order valence-corrected chi connectivity index (χ3v) is 6.17. The van der Waals surface area contributed by atoms with Crippen LogP contribution in [0.1, 0.15) is 5.56 Å². The maximum atomic E-state index is 12.3. The minimum absolute atomic E-state index is 0.140. The fourth-order valence-corrected chi connectivity index (χ4v) is 4.10. The van der Waals surface area contributed by atoms with Gasteiger partial charge in [-0.25, -0.2) is 0 Å². The van der Waals surface area contributed by atoms with Gasteiger partial charge in [-0.1, -0.05) is 68.9 Å². The van der Waals surface area contributed by atoms with Crippen molar-refractivity contribution in [1.29, 1.82) is 0 Å². The lowest BCUT2D eigenvalue weighted by atomic mass is 10.2. The van der Waals surface area contributed by atoms with Crippen LogP contribution in [0.15, 0.2) is 75.4 Å². The zero-order valence-electron chi connectivity index (χ0n) is 16.8. The largest absolute Gasteiger partial charge is 0.493 e. The van der Waals surface area contributed by atoms with Gasteiger partial charge < -0.3 is 14.4 Å². The molecule has 0 aliphatic carbocycles. The number of hydrogen-bond acceptors (Lipinski definition) is 4. The van der Waals surface area contributed by atoms with E-state index in [0.29, 0.717) is 32.5 Å². The van der Waals surface area contributed by atoms with Gasteiger partial charge in [-0.2, -0.15) is 0 Å². The molecule has 6 nitrogen and oxygen atoms in total. The highest BCUT2D eigenvalue weighted by atomic mass is 79.9. The number of aromatic hydroxyl groups is 1. The van der Waals surface area contributed by atoms with E-state index in [1.165, 1.54) is 6.07 Å². The third-order valence-electron chi connectivity index (χ3n) is 4.76. The van der Waals surface area contributed by atoms with Crippen LogP contribution in [-0.2, 0) is 11.3 Å². The highest BCUT2D eigenvalue weighted by molar-refractivity contribution is 9.10.